The van der Waals surface area contributed by atoms with Gasteiger partial charge in [-0.15, -0.1) is 0 Å². The number of carbonyl (C=O) groups is 1. The van der Waals surface area contributed by atoms with Gasteiger partial charge in [0.1, 0.15) is 5.78 Å². The van der Waals surface area contributed by atoms with Gasteiger partial charge >= 0.3 is 0 Å². The van der Waals surface area contributed by atoms with Gasteiger partial charge in [-0.3, -0.25) is 4.79 Å². The average molecular weight is 184 g/mol. The van der Waals surface area contributed by atoms with Crippen LogP contribution in [-0.2, 0) is 4.79 Å². The van der Waals surface area contributed by atoms with Crippen LogP contribution in [0.3, 0.4) is 0 Å². The molecule has 0 aliphatic rings. The van der Waals surface area contributed by atoms with Gasteiger partial charge in [0.05, 0.1) is 6.10 Å². The Morgan fingerprint density at radius 1 is 1.23 bits per heavy atom. The van der Waals surface area contributed by atoms with E-state index in [1.54, 1.807) is 6.08 Å². The molecule has 0 heterocycles. The third-order valence-electron chi connectivity index (χ3n) is 2.06. The van der Waals surface area contributed by atoms with Crippen molar-refractivity contribution in [2.45, 2.75) is 40.7 Å². The first-order chi connectivity index (χ1) is 5.86. The molecule has 0 bridgehead atoms. The molecular formula is C11H20O2. The highest BCUT2D eigenvalue weighted by molar-refractivity contribution is 5.79. The molecular weight excluding hydrogens is 164 g/mol. The van der Waals surface area contributed by atoms with E-state index < -0.39 is 6.10 Å². The Bertz CT molecular complexity index is 200. The number of carbonyl (C=O) groups excluding carboxylic acids is 1. The Morgan fingerprint density at radius 3 is 1.92 bits per heavy atom. The van der Waals surface area contributed by atoms with Crippen LogP contribution < -0.4 is 0 Å². The highest BCUT2D eigenvalue weighted by atomic mass is 16.3. The van der Waals surface area contributed by atoms with Crippen LogP contribution in [0.2, 0.25) is 0 Å². The first-order valence-electron chi connectivity index (χ1n) is 4.69. The fraction of sp³-hybridized carbons (Fsp3) is 0.727. The van der Waals surface area contributed by atoms with E-state index in [1.807, 2.05) is 27.7 Å². The Morgan fingerprint density at radius 2 is 1.69 bits per heavy atom. The van der Waals surface area contributed by atoms with Crippen molar-refractivity contribution in [3.8, 4) is 0 Å². The van der Waals surface area contributed by atoms with Gasteiger partial charge in [-0.05, 0) is 26.7 Å². The molecule has 0 spiro atoms. The Labute approximate surface area is 80.7 Å². The number of rotatable bonds is 4. The van der Waals surface area contributed by atoms with Gasteiger partial charge in [0.15, 0.2) is 0 Å². The van der Waals surface area contributed by atoms with Gasteiger partial charge in [0, 0.05) is 5.92 Å². The summed E-state index contributed by atoms with van der Waals surface area (Å²) in [5, 5.41) is 9.72. The predicted molar refractivity (Wildman–Crippen MR) is 54.4 cm³/mol. The second-order valence-corrected chi connectivity index (χ2v) is 4.12. The first-order valence-corrected chi connectivity index (χ1v) is 4.69. The lowest BCUT2D eigenvalue weighted by molar-refractivity contribution is -0.124. The summed E-state index contributed by atoms with van der Waals surface area (Å²) >= 11 is 0. The monoisotopic (exact) mass is 184 g/mol. The number of hydrogen-bond donors (Lipinski definition) is 1. The summed E-state index contributed by atoms with van der Waals surface area (Å²) in [7, 11) is 0. The predicted octanol–water partition coefficient (Wildman–Crippen LogP) is 2.17. The minimum atomic E-state index is -0.637. The maximum absolute atomic E-state index is 11.2. The molecule has 0 amide bonds. The minimum absolute atomic E-state index is 0.0556. The topological polar surface area (TPSA) is 37.3 Å². The van der Waals surface area contributed by atoms with Crippen molar-refractivity contribution < 1.29 is 9.90 Å². The zero-order chi connectivity index (χ0) is 10.6. The van der Waals surface area contributed by atoms with E-state index in [1.165, 1.54) is 6.92 Å². The van der Waals surface area contributed by atoms with Gasteiger partial charge in [0.25, 0.3) is 0 Å². The molecule has 2 heteroatoms. The van der Waals surface area contributed by atoms with Crippen molar-refractivity contribution in [2.75, 3.05) is 0 Å². The quantitative estimate of drug-likeness (QED) is 0.680. The van der Waals surface area contributed by atoms with Crippen LogP contribution >= 0.6 is 0 Å². The second-order valence-electron chi connectivity index (χ2n) is 4.12. The molecule has 2 nitrogen and oxygen atoms in total. The van der Waals surface area contributed by atoms with E-state index in [4.69, 9.17) is 0 Å². The fourth-order valence-corrected chi connectivity index (χ4v) is 1.55. The molecule has 0 aromatic carbocycles. The summed E-state index contributed by atoms with van der Waals surface area (Å²) in [4.78, 5) is 11.2. The molecule has 0 aliphatic carbocycles. The third kappa shape index (κ3) is 4.23. The van der Waals surface area contributed by atoms with Crippen LogP contribution in [0.5, 0.6) is 0 Å². The van der Waals surface area contributed by atoms with Crippen molar-refractivity contribution in [3.63, 3.8) is 0 Å². The van der Waals surface area contributed by atoms with Crippen molar-refractivity contribution in [3.05, 3.63) is 11.6 Å². The Hall–Kier alpha value is -0.630. The lowest BCUT2D eigenvalue weighted by Gasteiger charge is -2.21. The van der Waals surface area contributed by atoms with Crippen LogP contribution in [-0.4, -0.2) is 17.0 Å². The third-order valence-corrected chi connectivity index (χ3v) is 2.06. The summed E-state index contributed by atoms with van der Waals surface area (Å²) in [5.41, 5.74) is 1.04. The van der Waals surface area contributed by atoms with Gasteiger partial charge in [0.2, 0.25) is 0 Å². The van der Waals surface area contributed by atoms with Gasteiger partial charge in [-0.2, -0.15) is 0 Å². The summed E-state index contributed by atoms with van der Waals surface area (Å²) in [6, 6.07) is 0. The normalized spacial score (nSPS) is 15.3. The van der Waals surface area contributed by atoms with Crippen LogP contribution in [0.4, 0.5) is 0 Å². The molecule has 0 aromatic rings. The molecule has 0 radical (unpaired) electrons. The lowest BCUT2D eigenvalue weighted by Crippen LogP contribution is -2.29. The Kier molecular flexibility index (Phi) is 4.92. The molecule has 0 saturated heterocycles. The molecule has 0 aliphatic heterocycles. The fourth-order valence-electron chi connectivity index (χ4n) is 1.55. The van der Waals surface area contributed by atoms with Crippen LogP contribution in [0, 0.1) is 11.8 Å². The number of aliphatic hydroxyl groups excluding tert-OH is 1. The number of hydrogen-bond acceptors (Lipinski definition) is 2. The Balaban J connectivity index is 4.56. The van der Waals surface area contributed by atoms with Crippen molar-refractivity contribution in [1.82, 2.24) is 0 Å². The van der Waals surface area contributed by atoms with Crippen molar-refractivity contribution >= 4 is 5.78 Å². The molecule has 0 aromatic heterocycles. The van der Waals surface area contributed by atoms with E-state index in [0.717, 1.165) is 5.57 Å². The standard InChI is InChI=1S/C11H20O2/c1-7(2)6-10(13)11(8(3)4)9(5)12/h6,8,10-11,13H,1-5H3. The number of ketones is 1. The highest BCUT2D eigenvalue weighted by Gasteiger charge is 2.24. The summed E-state index contributed by atoms with van der Waals surface area (Å²) in [5.74, 6) is -0.0296. The summed E-state index contributed by atoms with van der Waals surface area (Å²) < 4.78 is 0. The molecule has 0 rings (SSSR count). The van der Waals surface area contributed by atoms with Gasteiger partial charge < -0.3 is 5.11 Å². The van der Waals surface area contributed by atoms with E-state index >= 15 is 0 Å². The molecule has 0 saturated carbocycles. The SMILES string of the molecule is CC(=O)C(C(C)C)C(O)C=C(C)C. The molecule has 76 valence electrons. The largest absolute Gasteiger partial charge is 0.388 e. The van der Waals surface area contributed by atoms with E-state index in [0.29, 0.717) is 0 Å². The molecule has 2 atom stereocenters. The van der Waals surface area contributed by atoms with Gasteiger partial charge in [-0.25, -0.2) is 0 Å². The van der Waals surface area contributed by atoms with Crippen LogP contribution in [0.1, 0.15) is 34.6 Å². The van der Waals surface area contributed by atoms with Crippen molar-refractivity contribution in [1.29, 1.82) is 0 Å². The molecule has 1 N–H and O–H groups in total. The summed E-state index contributed by atoms with van der Waals surface area (Å²) in [6.07, 6.45) is 1.11. The lowest BCUT2D eigenvalue weighted by atomic mass is 9.86. The zero-order valence-electron chi connectivity index (χ0n) is 9.16. The highest BCUT2D eigenvalue weighted by Crippen LogP contribution is 2.18. The smallest absolute Gasteiger partial charge is 0.136 e. The number of aliphatic hydroxyl groups is 1. The van der Waals surface area contributed by atoms with Crippen LogP contribution in [0.15, 0.2) is 11.6 Å². The molecule has 2 unspecified atom stereocenters. The number of allylic oxidation sites excluding steroid dienone is 1. The average Bonchev–Trinajstić information content (AvgIpc) is 1.81. The maximum atomic E-state index is 11.2. The van der Waals surface area contributed by atoms with Crippen molar-refractivity contribution in [2.24, 2.45) is 11.8 Å². The molecule has 0 fully saturated rings. The van der Waals surface area contributed by atoms with E-state index in [-0.39, 0.29) is 17.6 Å². The van der Waals surface area contributed by atoms with Crippen LogP contribution in [0.25, 0.3) is 0 Å². The second kappa shape index (κ2) is 5.18. The molecule has 13 heavy (non-hydrogen) atoms. The van der Waals surface area contributed by atoms with E-state index in [2.05, 4.69) is 0 Å². The van der Waals surface area contributed by atoms with E-state index in [9.17, 15) is 9.90 Å². The summed E-state index contributed by atoms with van der Waals surface area (Å²) in [6.45, 7) is 9.27. The first kappa shape index (κ1) is 12.4. The minimum Gasteiger partial charge on any atom is -0.388 e. The zero-order valence-corrected chi connectivity index (χ0v) is 9.16. The maximum Gasteiger partial charge on any atom is 0.136 e. The number of Topliss-reactive ketones (excluding diaryl/α,β-unsaturated/α-hetero) is 1. The van der Waals surface area contributed by atoms with Gasteiger partial charge in [-0.1, -0.05) is 25.5 Å².